The molecule has 1 heterocycles. The van der Waals surface area contributed by atoms with Gasteiger partial charge in [0, 0.05) is 12.5 Å². The number of nitrogens with one attached hydrogen (secondary N) is 1. The first-order chi connectivity index (χ1) is 10.4. The first-order valence-electron chi connectivity index (χ1n) is 7.40. The molecule has 0 unspecified atom stereocenters. The van der Waals surface area contributed by atoms with Crippen molar-refractivity contribution in [1.29, 1.82) is 0 Å². The molecule has 122 valence electrons. The fourth-order valence-electron chi connectivity index (χ4n) is 2.69. The van der Waals surface area contributed by atoms with E-state index in [-0.39, 0.29) is 35.1 Å². The number of hydrogen-bond donors (Lipinski definition) is 3. The summed E-state index contributed by atoms with van der Waals surface area (Å²) in [7, 11) is 2.00. The molecule has 1 aliphatic heterocycles. The van der Waals surface area contributed by atoms with Gasteiger partial charge in [-0.25, -0.2) is 8.78 Å². The molecule has 5 nitrogen and oxygen atoms in total. The van der Waals surface area contributed by atoms with Gasteiger partial charge in [0.15, 0.2) is 17.4 Å². The van der Waals surface area contributed by atoms with Crippen molar-refractivity contribution < 1.29 is 13.6 Å². The first-order valence-corrected chi connectivity index (χ1v) is 7.40. The Morgan fingerprint density at radius 2 is 1.73 bits per heavy atom. The third-order valence-corrected chi connectivity index (χ3v) is 4.12. The maximum atomic E-state index is 14.4. The molecule has 0 bridgehead atoms. The lowest BCUT2D eigenvalue weighted by molar-refractivity contribution is 0.0989. The van der Waals surface area contributed by atoms with Crippen LogP contribution in [0.3, 0.4) is 0 Å². The van der Waals surface area contributed by atoms with Crippen LogP contribution in [0.2, 0.25) is 0 Å². The van der Waals surface area contributed by atoms with Crippen molar-refractivity contribution in [2.24, 2.45) is 0 Å². The minimum atomic E-state index is -0.942. The number of piperidine rings is 1. The molecule has 2 rings (SSSR count). The van der Waals surface area contributed by atoms with Crippen molar-refractivity contribution in [1.82, 2.24) is 4.90 Å². The molecule has 1 saturated heterocycles. The fraction of sp³-hybridized carbons (Fsp3) is 0.533. The predicted octanol–water partition coefficient (Wildman–Crippen LogP) is 2.23. The highest BCUT2D eigenvalue weighted by Crippen LogP contribution is 2.35. The Bertz CT molecular complexity index is 554. The standard InChI is InChI=1S/C15H22F2N4O/c1-3-9(22)10-13(18)11(16)15(12(17)14(10)19)20-8-4-6-21(2)7-5-8/h8,20H,3-7,18-19H2,1-2H3. The van der Waals surface area contributed by atoms with Gasteiger partial charge in [0.2, 0.25) is 0 Å². The average Bonchev–Trinajstić information content (AvgIpc) is 2.51. The number of rotatable bonds is 4. The van der Waals surface area contributed by atoms with E-state index >= 15 is 0 Å². The number of halogens is 2. The topological polar surface area (TPSA) is 84.4 Å². The Morgan fingerprint density at radius 3 is 2.18 bits per heavy atom. The summed E-state index contributed by atoms with van der Waals surface area (Å²) in [5.41, 5.74) is 9.96. The Hall–Kier alpha value is -1.89. The molecule has 1 fully saturated rings. The summed E-state index contributed by atoms with van der Waals surface area (Å²) < 4.78 is 28.8. The van der Waals surface area contributed by atoms with Gasteiger partial charge in [0.05, 0.1) is 16.9 Å². The van der Waals surface area contributed by atoms with E-state index in [4.69, 9.17) is 11.5 Å². The highest BCUT2D eigenvalue weighted by atomic mass is 19.1. The molecule has 0 saturated carbocycles. The lowest BCUT2D eigenvalue weighted by atomic mass is 10.0. The second-order valence-electron chi connectivity index (χ2n) is 5.70. The second kappa shape index (κ2) is 6.48. The van der Waals surface area contributed by atoms with Gasteiger partial charge in [-0.05, 0) is 33.0 Å². The third-order valence-electron chi connectivity index (χ3n) is 4.12. The monoisotopic (exact) mass is 312 g/mol. The lowest BCUT2D eigenvalue weighted by Crippen LogP contribution is -2.37. The smallest absolute Gasteiger partial charge is 0.173 e. The van der Waals surface area contributed by atoms with Crippen LogP contribution in [0.1, 0.15) is 36.5 Å². The second-order valence-corrected chi connectivity index (χ2v) is 5.70. The highest BCUT2D eigenvalue weighted by molar-refractivity contribution is 6.06. The quantitative estimate of drug-likeness (QED) is 0.586. The summed E-state index contributed by atoms with van der Waals surface area (Å²) in [5.74, 6) is -2.36. The zero-order valence-electron chi connectivity index (χ0n) is 12.9. The number of nitrogens with zero attached hydrogens (tertiary/aromatic N) is 1. The molecule has 0 amide bonds. The Labute approximate surface area is 128 Å². The Morgan fingerprint density at radius 1 is 1.23 bits per heavy atom. The van der Waals surface area contributed by atoms with Gasteiger partial charge in [-0.2, -0.15) is 0 Å². The van der Waals surface area contributed by atoms with Crippen LogP contribution in [0.4, 0.5) is 25.8 Å². The zero-order chi connectivity index (χ0) is 16.4. The largest absolute Gasteiger partial charge is 0.396 e. The van der Waals surface area contributed by atoms with E-state index in [0.29, 0.717) is 0 Å². The first kappa shape index (κ1) is 16.5. The van der Waals surface area contributed by atoms with E-state index in [1.54, 1.807) is 6.92 Å². The number of nitrogen functional groups attached to an aromatic ring is 2. The molecule has 1 aliphatic rings. The maximum Gasteiger partial charge on any atom is 0.173 e. The average molecular weight is 312 g/mol. The van der Waals surface area contributed by atoms with Gasteiger partial charge in [-0.15, -0.1) is 0 Å². The number of Topliss-reactive ketones (excluding diaryl/α,β-unsaturated/α-hetero) is 1. The van der Waals surface area contributed by atoms with Crippen molar-refractivity contribution in [3.63, 3.8) is 0 Å². The van der Waals surface area contributed by atoms with E-state index in [1.165, 1.54) is 0 Å². The van der Waals surface area contributed by atoms with Crippen LogP contribution in [-0.2, 0) is 0 Å². The van der Waals surface area contributed by atoms with E-state index in [0.717, 1.165) is 25.9 Å². The van der Waals surface area contributed by atoms with Gasteiger partial charge in [-0.1, -0.05) is 6.92 Å². The maximum absolute atomic E-state index is 14.4. The fourth-order valence-corrected chi connectivity index (χ4v) is 2.69. The van der Waals surface area contributed by atoms with Crippen molar-refractivity contribution in [3.8, 4) is 0 Å². The van der Waals surface area contributed by atoms with Crippen molar-refractivity contribution in [2.45, 2.75) is 32.2 Å². The zero-order valence-corrected chi connectivity index (χ0v) is 12.9. The minimum absolute atomic E-state index is 0.0493. The van der Waals surface area contributed by atoms with Crippen molar-refractivity contribution in [3.05, 3.63) is 17.2 Å². The number of carbonyl (C=O) groups is 1. The molecule has 0 spiro atoms. The van der Waals surface area contributed by atoms with E-state index in [9.17, 15) is 13.6 Å². The van der Waals surface area contributed by atoms with Gasteiger partial charge in [-0.3, -0.25) is 4.79 Å². The molecule has 7 heteroatoms. The highest BCUT2D eigenvalue weighted by Gasteiger charge is 2.27. The Balaban J connectivity index is 2.35. The van der Waals surface area contributed by atoms with E-state index in [1.807, 2.05) is 7.05 Å². The molecule has 22 heavy (non-hydrogen) atoms. The normalized spacial score (nSPS) is 16.7. The van der Waals surface area contributed by atoms with Crippen LogP contribution < -0.4 is 16.8 Å². The number of likely N-dealkylation sites (tertiary alicyclic amines) is 1. The minimum Gasteiger partial charge on any atom is -0.396 e. The number of benzene rings is 1. The van der Waals surface area contributed by atoms with Crippen molar-refractivity contribution in [2.75, 3.05) is 36.9 Å². The number of carbonyl (C=O) groups excluding carboxylic acids is 1. The number of ketones is 1. The number of nitrogens with two attached hydrogens (primary N) is 2. The van der Waals surface area contributed by atoms with E-state index in [2.05, 4.69) is 10.2 Å². The molecular weight excluding hydrogens is 290 g/mol. The summed E-state index contributed by atoms with van der Waals surface area (Å²) in [5, 5.41) is 2.86. The molecule has 0 atom stereocenters. The number of hydrogen-bond acceptors (Lipinski definition) is 5. The summed E-state index contributed by atoms with van der Waals surface area (Å²) in [6, 6.07) is -0.0493. The van der Waals surface area contributed by atoms with Crippen LogP contribution >= 0.6 is 0 Å². The van der Waals surface area contributed by atoms with Gasteiger partial charge < -0.3 is 21.7 Å². The molecule has 5 N–H and O–H groups in total. The third kappa shape index (κ3) is 2.99. The molecule has 1 aromatic carbocycles. The molecule has 1 aromatic rings. The molecular formula is C15H22F2N4O. The Kier molecular flexibility index (Phi) is 4.85. The van der Waals surface area contributed by atoms with Gasteiger partial charge in [0.1, 0.15) is 5.69 Å². The SMILES string of the molecule is CCC(=O)c1c(N)c(F)c(NC2CCN(C)CC2)c(F)c1N. The van der Waals surface area contributed by atoms with Crippen LogP contribution in [0.15, 0.2) is 0 Å². The number of anilines is 3. The van der Waals surface area contributed by atoms with Crippen LogP contribution in [-0.4, -0.2) is 36.9 Å². The van der Waals surface area contributed by atoms with Gasteiger partial charge >= 0.3 is 0 Å². The summed E-state index contributed by atoms with van der Waals surface area (Å²) in [6.07, 6.45) is 1.62. The summed E-state index contributed by atoms with van der Waals surface area (Å²) >= 11 is 0. The summed E-state index contributed by atoms with van der Waals surface area (Å²) in [4.78, 5) is 13.9. The van der Waals surface area contributed by atoms with Crippen molar-refractivity contribution >= 4 is 22.8 Å². The lowest BCUT2D eigenvalue weighted by Gasteiger charge is -2.30. The van der Waals surface area contributed by atoms with E-state index < -0.39 is 17.4 Å². The predicted molar refractivity (Wildman–Crippen MR) is 83.9 cm³/mol. The molecule has 0 radical (unpaired) electrons. The molecule has 0 aliphatic carbocycles. The van der Waals surface area contributed by atoms with Gasteiger partial charge in [0.25, 0.3) is 0 Å². The van der Waals surface area contributed by atoms with Crippen LogP contribution in [0.5, 0.6) is 0 Å². The van der Waals surface area contributed by atoms with Crippen LogP contribution in [0, 0.1) is 11.6 Å². The van der Waals surface area contributed by atoms with Crippen LogP contribution in [0.25, 0.3) is 0 Å². The molecule has 0 aromatic heterocycles. The summed E-state index contributed by atoms with van der Waals surface area (Å²) in [6.45, 7) is 3.28.